The first-order valence-corrected chi connectivity index (χ1v) is 14.0. The van der Waals surface area contributed by atoms with Gasteiger partial charge in [-0.1, -0.05) is 6.42 Å². The Morgan fingerprint density at radius 3 is 2.68 bits per heavy atom. The molecule has 34 heavy (non-hydrogen) atoms. The van der Waals surface area contributed by atoms with Gasteiger partial charge in [-0.15, -0.1) is 0 Å². The van der Waals surface area contributed by atoms with Crippen LogP contribution in [0.2, 0.25) is 0 Å². The van der Waals surface area contributed by atoms with Gasteiger partial charge >= 0.3 is 0 Å². The SMILES string of the molecule is O=C(NC[C@H]1CCCO1)[C@@H]1CCCN(c2ccc3cc(S(=O)(=O)N4CCCCC4)ccc3n2)C1. The average molecular weight is 487 g/mol. The molecule has 5 rings (SSSR count). The molecule has 3 aliphatic heterocycles. The number of nitrogens with one attached hydrogen (secondary N) is 1. The van der Waals surface area contributed by atoms with E-state index in [0.29, 0.717) is 31.1 Å². The molecule has 9 heteroatoms. The number of rotatable bonds is 6. The van der Waals surface area contributed by atoms with Crippen molar-refractivity contribution >= 4 is 32.7 Å². The molecule has 4 heterocycles. The standard InChI is InChI=1S/C25H34N4O4S/c30-25(26-17-21-7-5-15-33-21)20-6-4-12-28(18-20)24-11-8-19-16-22(9-10-23(19)27-24)34(31,32)29-13-2-1-3-14-29/h8-11,16,20-21H,1-7,12-15,17-18H2,(H,26,30)/t20-,21-/m1/s1. The summed E-state index contributed by atoms with van der Waals surface area (Å²) in [5.41, 5.74) is 0.764. The lowest BCUT2D eigenvalue weighted by atomic mass is 9.97. The van der Waals surface area contributed by atoms with Gasteiger partial charge in [0.2, 0.25) is 15.9 Å². The van der Waals surface area contributed by atoms with Crippen LogP contribution in [-0.2, 0) is 19.6 Å². The molecular weight excluding hydrogens is 452 g/mol. The van der Waals surface area contributed by atoms with Crippen molar-refractivity contribution in [2.75, 3.05) is 44.2 Å². The Balaban J connectivity index is 1.27. The fourth-order valence-electron chi connectivity index (χ4n) is 5.25. The molecule has 8 nitrogen and oxygen atoms in total. The molecule has 3 saturated heterocycles. The Bertz CT molecular complexity index is 1130. The van der Waals surface area contributed by atoms with E-state index < -0.39 is 10.0 Å². The minimum absolute atomic E-state index is 0.0651. The zero-order chi connectivity index (χ0) is 23.5. The van der Waals surface area contributed by atoms with Crippen LogP contribution >= 0.6 is 0 Å². The van der Waals surface area contributed by atoms with E-state index in [1.165, 1.54) is 0 Å². The first-order valence-electron chi connectivity index (χ1n) is 12.6. The van der Waals surface area contributed by atoms with Crippen LogP contribution in [0.5, 0.6) is 0 Å². The molecule has 1 aromatic carbocycles. The second-order valence-corrected chi connectivity index (χ2v) is 11.6. The number of carbonyl (C=O) groups excluding carboxylic acids is 1. The summed E-state index contributed by atoms with van der Waals surface area (Å²) in [6.07, 6.45) is 6.96. The molecule has 0 unspecified atom stereocenters. The minimum atomic E-state index is -3.47. The molecule has 0 bridgehead atoms. The van der Waals surface area contributed by atoms with Crippen LogP contribution in [0.25, 0.3) is 10.9 Å². The van der Waals surface area contributed by atoms with E-state index in [0.717, 1.165) is 74.8 Å². The van der Waals surface area contributed by atoms with Gasteiger partial charge in [-0.2, -0.15) is 4.31 Å². The Hall–Kier alpha value is -2.23. The summed E-state index contributed by atoms with van der Waals surface area (Å²) in [7, 11) is -3.47. The monoisotopic (exact) mass is 486 g/mol. The number of hydrogen-bond acceptors (Lipinski definition) is 6. The lowest BCUT2D eigenvalue weighted by molar-refractivity contribution is -0.125. The molecule has 184 valence electrons. The highest BCUT2D eigenvalue weighted by molar-refractivity contribution is 7.89. The number of amides is 1. The number of sulfonamides is 1. The third-order valence-electron chi connectivity index (χ3n) is 7.24. The molecule has 2 atom stereocenters. The zero-order valence-corrected chi connectivity index (χ0v) is 20.4. The van der Waals surface area contributed by atoms with Crippen molar-refractivity contribution in [3.63, 3.8) is 0 Å². The summed E-state index contributed by atoms with van der Waals surface area (Å²) in [4.78, 5) is 20.0. The molecule has 2 aromatic rings. The highest BCUT2D eigenvalue weighted by Gasteiger charge is 2.28. The van der Waals surface area contributed by atoms with Crippen LogP contribution in [0.4, 0.5) is 5.82 Å². The highest BCUT2D eigenvalue weighted by Crippen LogP contribution is 2.27. The molecule has 0 saturated carbocycles. The van der Waals surface area contributed by atoms with Gasteiger partial charge in [0, 0.05) is 44.7 Å². The van der Waals surface area contributed by atoms with Gasteiger partial charge in [0.25, 0.3) is 0 Å². The van der Waals surface area contributed by atoms with Crippen LogP contribution in [0.1, 0.15) is 44.9 Å². The topological polar surface area (TPSA) is 91.8 Å². The van der Waals surface area contributed by atoms with E-state index in [2.05, 4.69) is 10.2 Å². The molecule has 1 amide bonds. The fraction of sp³-hybridized carbons (Fsp3) is 0.600. The number of piperidine rings is 2. The van der Waals surface area contributed by atoms with Crippen LogP contribution in [0.15, 0.2) is 35.2 Å². The van der Waals surface area contributed by atoms with Gasteiger partial charge < -0.3 is 15.0 Å². The fourth-order valence-corrected chi connectivity index (χ4v) is 6.80. The third kappa shape index (κ3) is 5.06. The molecule has 0 spiro atoms. The van der Waals surface area contributed by atoms with Crippen molar-refractivity contribution in [1.29, 1.82) is 0 Å². The van der Waals surface area contributed by atoms with E-state index >= 15 is 0 Å². The average Bonchev–Trinajstić information content (AvgIpc) is 3.41. The number of hydrogen-bond donors (Lipinski definition) is 1. The maximum Gasteiger partial charge on any atom is 0.243 e. The molecule has 3 fully saturated rings. The van der Waals surface area contributed by atoms with Gasteiger partial charge in [0.1, 0.15) is 5.82 Å². The van der Waals surface area contributed by atoms with E-state index in [-0.39, 0.29) is 17.9 Å². The molecule has 1 aromatic heterocycles. The predicted octanol–water partition coefficient (Wildman–Crippen LogP) is 2.92. The second kappa shape index (κ2) is 10.2. The van der Waals surface area contributed by atoms with Crippen LogP contribution < -0.4 is 10.2 Å². The van der Waals surface area contributed by atoms with Crippen LogP contribution in [0, 0.1) is 5.92 Å². The van der Waals surface area contributed by atoms with Crippen molar-refractivity contribution in [3.8, 4) is 0 Å². The van der Waals surface area contributed by atoms with Gasteiger partial charge in [0.15, 0.2) is 0 Å². The summed E-state index contributed by atoms with van der Waals surface area (Å²) in [6.45, 7) is 4.06. The molecule has 0 radical (unpaired) electrons. The Labute approximate surface area is 201 Å². The third-order valence-corrected chi connectivity index (χ3v) is 9.14. The Morgan fingerprint density at radius 2 is 1.88 bits per heavy atom. The number of benzene rings is 1. The lowest BCUT2D eigenvalue weighted by Gasteiger charge is -2.33. The number of nitrogens with zero attached hydrogens (tertiary/aromatic N) is 3. The highest BCUT2D eigenvalue weighted by atomic mass is 32.2. The Kier molecular flexibility index (Phi) is 7.04. The number of fused-ring (bicyclic) bond motifs is 1. The summed E-state index contributed by atoms with van der Waals surface area (Å²) in [5.74, 6) is 0.856. The van der Waals surface area contributed by atoms with Gasteiger partial charge in [-0.3, -0.25) is 4.79 Å². The maximum atomic E-state index is 13.0. The minimum Gasteiger partial charge on any atom is -0.376 e. The largest absolute Gasteiger partial charge is 0.376 e. The molecule has 0 aliphatic carbocycles. The summed E-state index contributed by atoms with van der Waals surface area (Å²) < 4.78 is 33.3. The maximum absolute atomic E-state index is 13.0. The van der Waals surface area contributed by atoms with Crippen molar-refractivity contribution in [3.05, 3.63) is 30.3 Å². The van der Waals surface area contributed by atoms with Gasteiger partial charge in [-0.05, 0) is 68.9 Å². The quantitative estimate of drug-likeness (QED) is 0.675. The first kappa shape index (κ1) is 23.5. The van der Waals surface area contributed by atoms with E-state index in [1.54, 1.807) is 22.5 Å². The lowest BCUT2D eigenvalue weighted by Crippen LogP contribution is -2.44. The second-order valence-electron chi connectivity index (χ2n) is 9.65. The summed E-state index contributed by atoms with van der Waals surface area (Å²) >= 11 is 0. The van der Waals surface area contributed by atoms with Gasteiger partial charge in [-0.25, -0.2) is 13.4 Å². The smallest absolute Gasteiger partial charge is 0.243 e. The zero-order valence-electron chi connectivity index (χ0n) is 19.6. The van der Waals surface area contributed by atoms with Gasteiger partial charge in [0.05, 0.1) is 22.4 Å². The van der Waals surface area contributed by atoms with Crippen molar-refractivity contribution in [2.45, 2.75) is 55.9 Å². The Morgan fingerprint density at radius 1 is 1.03 bits per heavy atom. The molecule has 3 aliphatic rings. The first-order chi connectivity index (χ1) is 16.5. The number of anilines is 1. The van der Waals surface area contributed by atoms with E-state index in [4.69, 9.17) is 9.72 Å². The van der Waals surface area contributed by atoms with Crippen LogP contribution in [0.3, 0.4) is 0 Å². The van der Waals surface area contributed by atoms with E-state index in [9.17, 15) is 13.2 Å². The normalized spacial score (nSPS) is 24.4. The van der Waals surface area contributed by atoms with Crippen molar-refractivity contribution < 1.29 is 17.9 Å². The number of pyridine rings is 1. The van der Waals surface area contributed by atoms with E-state index in [1.807, 2.05) is 12.1 Å². The number of aromatic nitrogens is 1. The number of ether oxygens (including phenoxy) is 1. The summed E-state index contributed by atoms with van der Waals surface area (Å²) in [5, 5.41) is 3.88. The molecular formula is C25H34N4O4S. The van der Waals surface area contributed by atoms with Crippen molar-refractivity contribution in [2.24, 2.45) is 5.92 Å². The summed E-state index contributed by atoms with van der Waals surface area (Å²) in [6, 6.07) is 9.07. The number of carbonyl (C=O) groups is 1. The molecule has 1 N–H and O–H groups in total. The predicted molar refractivity (Wildman–Crippen MR) is 131 cm³/mol. The van der Waals surface area contributed by atoms with Crippen molar-refractivity contribution in [1.82, 2.24) is 14.6 Å². The van der Waals surface area contributed by atoms with Crippen LogP contribution in [-0.4, -0.2) is 69.0 Å².